The second-order valence-corrected chi connectivity index (χ2v) is 7.18. The zero-order valence-electron chi connectivity index (χ0n) is 12.5. The number of amides is 2. The molecule has 0 heterocycles. The number of anilines is 1. The monoisotopic (exact) mass is 411 g/mol. The molecule has 24 heavy (non-hydrogen) atoms. The van der Waals surface area contributed by atoms with Gasteiger partial charge in [0.1, 0.15) is 0 Å². The van der Waals surface area contributed by atoms with Crippen molar-refractivity contribution in [3.63, 3.8) is 0 Å². The SMILES string of the molecule is CNC(=O)c1ccccc1NC(=O)c1cc(S(N)(=O)=O)ccc1Br. The summed E-state index contributed by atoms with van der Waals surface area (Å²) < 4.78 is 23.3. The molecule has 2 rings (SSSR count). The molecule has 0 aliphatic rings. The number of benzene rings is 2. The van der Waals surface area contributed by atoms with Crippen molar-refractivity contribution in [1.82, 2.24) is 5.32 Å². The Morgan fingerprint density at radius 2 is 1.71 bits per heavy atom. The van der Waals surface area contributed by atoms with Crippen LogP contribution in [-0.4, -0.2) is 27.3 Å². The number of carbonyl (C=O) groups is 2. The molecule has 0 unspecified atom stereocenters. The Morgan fingerprint density at radius 1 is 1.04 bits per heavy atom. The second-order valence-electron chi connectivity index (χ2n) is 4.77. The van der Waals surface area contributed by atoms with E-state index in [-0.39, 0.29) is 21.9 Å². The second kappa shape index (κ2) is 7.12. The van der Waals surface area contributed by atoms with E-state index in [1.807, 2.05) is 0 Å². The van der Waals surface area contributed by atoms with E-state index in [1.165, 1.54) is 19.2 Å². The molecule has 9 heteroatoms. The Labute approximate surface area is 147 Å². The van der Waals surface area contributed by atoms with Crippen molar-refractivity contribution in [3.8, 4) is 0 Å². The Kier molecular flexibility index (Phi) is 5.37. The van der Waals surface area contributed by atoms with E-state index in [0.717, 1.165) is 6.07 Å². The number of sulfonamides is 1. The van der Waals surface area contributed by atoms with Crippen LogP contribution in [0, 0.1) is 0 Å². The predicted molar refractivity (Wildman–Crippen MR) is 93.3 cm³/mol. The molecule has 126 valence electrons. The lowest BCUT2D eigenvalue weighted by Gasteiger charge is -2.11. The zero-order valence-corrected chi connectivity index (χ0v) is 14.9. The lowest BCUT2D eigenvalue weighted by molar-refractivity contribution is 0.0964. The van der Waals surface area contributed by atoms with Gasteiger partial charge in [-0.1, -0.05) is 12.1 Å². The van der Waals surface area contributed by atoms with E-state index in [9.17, 15) is 18.0 Å². The van der Waals surface area contributed by atoms with Gasteiger partial charge in [-0.05, 0) is 46.3 Å². The topological polar surface area (TPSA) is 118 Å². The van der Waals surface area contributed by atoms with Gasteiger partial charge in [0.2, 0.25) is 10.0 Å². The zero-order chi connectivity index (χ0) is 17.9. The summed E-state index contributed by atoms with van der Waals surface area (Å²) in [6.07, 6.45) is 0. The van der Waals surface area contributed by atoms with Crippen LogP contribution in [0.15, 0.2) is 51.8 Å². The highest BCUT2D eigenvalue weighted by molar-refractivity contribution is 9.10. The Hall–Kier alpha value is -2.23. The van der Waals surface area contributed by atoms with Gasteiger partial charge in [0, 0.05) is 11.5 Å². The van der Waals surface area contributed by atoms with E-state index in [4.69, 9.17) is 5.14 Å². The number of nitrogens with two attached hydrogens (primary N) is 1. The third-order valence-corrected chi connectivity index (χ3v) is 4.76. The highest BCUT2D eigenvalue weighted by atomic mass is 79.9. The summed E-state index contributed by atoms with van der Waals surface area (Å²) in [6.45, 7) is 0. The van der Waals surface area contributed by atoms with Crippen molar-refractivity contribution < 1.29 is 18.0 Å². The Bertz CT molecular complexity index is 913. The number of para-hydroxylation sites is 1. The number of primary sulfonamides is 1. The number of hydrogen-bond donors (Lipinski definition) is 3. The first kappa shape index (κ1) is 18.1. The number of carbonyl (C=O) groups excluding carboxylic acids is 2. The van der Waals surface area contributed by atoms with Gasteiger partial charge in [0.05, 0.1) is 21.7 Å². The number of rotatable bonds is 4. The van der Waals surface area contributed by atoms with E-state index in [0.29, 0.717) is 10.2 Å². The smallest absolute Gasteiger partial charge is 0.256 e. The van der Waals surface area contributed by atoms with E-state index in [1.54, 1.807) is 24.3 Å². The van der Waals surface area contributed by atoms with Gasteiger partial charge in [0.25, 0.3) is 11.8 Å². The highest BCUT2D eigenvalue weighted by Crippen LogP contribution is 2.23. The molecule has 2 amide bonds. The summed E-state index contributed by atoms with van der Waals surface area (Å²) >= 11 is 3.20. The molecule has 4 N–H and O–H groups in total. The molecule has 2 aromatic carbocycles. The van der Waals surface area contributed by atoms with Crippen molar-refractivity contribution in [2.45, 2.75) is 4.90 Å². The van der Waals surface area contributed by atoms with Gasteiger partial charge in [0.15, 0.2) is 0 Å². The van der Waals surface area contributed by atoms with Gasteiger partial charge >= 0.3 is 0 Å². The van der Waals surface area contributed by atoms with Gasteiger partial charge < -0.3 is 10.6 Å². The number of nitrogens with one attached hydrogen (secondary N) is 2. The van der Waals surface area contributed by atoms with Crippen LogP contribution in [0.5, 0.6) is 0 Å². The van der Waals surface area contributed by atoms with Crippen molar-refractivity contribution in [3.05, 3.63) is 58.1 Å². The van der Waals surface area contributed by atoms with Crippen LogP contribution in [-0.2, 0) is 10.0 Å². The summed E-state index contributed by atoms with van der Waals surface area (Å²) in [5, 5.41) is 10.2. The third-order valence-electron chi connectivity index (χ3n) is 3.16. The van der Waals surface area contributed by atoms with Gasteiger partial charge in [-0.25, -0.2) is 13.6 Å². The van der Waals surface area contributed by atoms with Crippen molar-refractivity contribution in [1.29, 1.82) is 0 Å². The van der Waals surface area contributed by atoms with Crippen molar-refractivity contribution in [2.24, 2.45) is 5.14 Å². The minimum atomic E-state index is -3.94. The molecule has 7 nitrogen and oxygen atoms in total. The fourth-order valence-corrected chi connectivity index (χ4v) is 2.94. The maximum Gasteiger partial charge on any atom is 0.256 e. The first-order valence-corrected chi connectivity index (χ1v) is 9.03. The van der Waals surface area contributed by atoms with Gasteiger partial charge in [-0.15, -0.1) is 0 Å². The van der Waals surface area contributed by atoms with Crippen molar-refractivity contribution in [2.75, 3.05) is 12.4 Å². The minimum Gasteiger partial charge on any atom is -0.355 e. The maximum atomic E-state index is 12.5. The minimum absolute atomic E-state index is 0.0771. The molecule has 0 atom stereocenters. The largest absolute Gasteiger partial charge is 0.355 e. The molecule has 0 aliphatic heterocycles. The standard InChI is InChI=1S/C15H14BrN3O4S/c1-18-14(20)10-4-2-3-5-13(10)19-15(21)11-8-9(24(17,22)23)6-7-12(11)16/h2-8H,1H3,(H,18,20)(H,19,21)(H2,17,22,23). The van der Waals surface area contributed by atoms with Crippen LogP contribution >= 0.6 is 15.9 Å². The molecular weight excluding hydrogens is 398 g/mol. The molecule has 0 saturated heterocycles. The van der Waals surface area contributed by atoms with Crippen molar-refractivity contribution >= 4 is 43.5 Å². The summed E-state index contributed by atoms with van der Waals surface area (Å²) in [4.78, 5) is 24.1. The summed E-state index contributed by atoms with van der Waals surface area (Å²) in [7, 11) is -2.46. The maximum absolute atomic E-state index is 12.5. The van der Waals surface area contributed by atoms with Crippen LogP contribution in [0.2, 0.25) is 0 Å². The third kappa shape index (κ3) is 3.99. The van der Waals surface area contributed by atoms with Crippen LogP contribution in [0.1, 0.15) is 20.7 Å². The summed E-state index contributed by atoms with van der Waals surface area (Å²) in [6, 6.07) is 10.3. The van der Waals surface area contributed by atoms with Crippen LogP contribution in [0.25, 0.3) is 0 Å². The molecule has 0 spiro atoms. The first-order chi connectivity index (χ1) is 11.2. The van der Waals surface area contributed by atoms with E-state index in [2.05, 4.69) is 26.6 Å². The van der Waals surface area contributed by atoms with Crippen LogP contribution in [0.3, 0.4) is 0 Å². The average molecular weight is 412 g/mol. The molecule has 0 saturated carbocycles. The lowest BCUT2D eigenvalue weighted by atomic mass is 10.1. The molecule has 0 aliphatic carbocycles. The average Bonchev–Trinajstić information content (AvgIpc) is 2.53. The van der Waals surface area contributed by atoms with E-state index < -0.39 is 15.9 Å². The van der Waals surface area contributed by atoms with Gasteiger partial charge in [-0.2, -0.15) is 0 Å². The van der Waals surface area contributed by atoms with Crippen LogP contribution < -0.4 is 15.8 Å². The van der Waals surface area contributed by atoms with Crippen LogP contribution in [0.4, 0.5) is 5.69 Å². The predicted octanol–water partition coefficient (Wildman–Crippen LogP) is 1.71. The molecule has 0 aromatic heterocycles. The molecular formula is C15H14BrN3O4S. The van der Waals surface area contributed by atoms with E-state index >= 15 is 0 Å². The Balaban J connectivity index is 2.40. The lowest BCUT2D eigenvalue weighted by Crippen LogP contribution is -2.22. The number of halogens is 1. The fraction of sp³-hybridized carbons (Fsp3) is 0.0667. The quantitative estimate of drug-likeness (QED) is 0.709. The summed E-state index contributed by atoms with van der Waals surface area (Å²) in [5.74, 6) is -0.938. The molecule has 0 radical (unpaired) electrons. The normalized spacial score (nSPS) is 11.0. The highest BCUT2D eigenvalue weighted by Gasteiger charge is 2.18. The molecule has 2 aromatic rings. The fourth-order valence-electron chi connectivity index (χ4n) is 1.97. The molecule has 0 fully saturated rings. The number of hydrogen-bond acceptors (Lipinski definition) is 4. The Morgan fingerprint density at radius 3 is 2.33 bits per heavy atom. The summed E-state index contributed by atoms with van der Waals surface area (Å²) in [5.41, 5.74) is 0.662. The first-order valence-electron chi connectivity index (χ1n) is 6.69. The molecule has 0 bridgehead atoms. The van der Waals surface area contributed by atoms with Gasteiger partial charge in [-0.3, -0.25) is 9.59 Å².